The lowest BCUT2D eigenvalue weighted by atomic mass is 9.88. The van der Waals surface area contributed by atoms with Gasteiger partial charge in [0.1, 0.15) is 0 Å². The third-order valence-corrected chi connectivity index (χ3v) is 7.02. The molecule has 0 aliphatic carbocycles. The van der Waals surface area contributed by atoms with Crippen LogP contribution in [0.5, 0.6) is 0 Å². The zero-order valence-corrected chi connectivity index (χ0v) is 16.4. The fourth-order valence-corrected chi connectivity index (χ4v) is 5.68. The van der Waals surface area contributed by atoms with Crippen LogP contribution in [0.3, 0.4) is 0 Å². The van der Waals surface area contributed by atoms with E-state index >= 15 is 0 Å². The van der Waals surface area contributed by atoms with Crippen molar-refractivity contribution in [2.45, 2.75) is 50.6 Å². The molecule has 140 valence electrons. The maximum Gasteiger partial charge on any atom is 0.339 e. The van der Waals surface area contributed by atoms with Crippen LogP contribution in [-0.4, -0.2) is 45.9 Å². The molecule has 4 nitrogen and oxygen atoms in total. The molecule has 0 unspecified atom stereocenters. The second-order valence-corrected chi connectivity index (χ2v) is 8.72. The summed E-state index contributed by atoms with van der Waals surface area (Å²) in [7, 11) is 0. The summed E-state index contributed by atoms with van der Waals surface area (Å²) in [5.41, 5.74) is 2.88. The molecule has 1 aromatic carbocycles. The monoisotopic (exact) mass is 372 g/mol. The Morgan fingerprint density at radius 2 is 2.08 bits per heavy atom. The number of piperidine rings is 1. The molecule has 2 aromatic rings. The van der Waals surface area contributed by atoms with Gasteiger partial charge in [0.05, 0.1) is 16.1 Å². The minimum Gasteiger partial charge on any atom is -0.478 e. The van der Waals surface area contributed by atoms with Crippen LogP contribution < -0.4 is 0 Å². The van der Waals surface area contributed by atoms with E-state index in [1.54, 1.807) is 11.8 Å². The lowest BCUT2D eigenvalue weighted by Crippen LogP contribution is -2.35. The number of aromatic carboxylic acids is 1. The summed E-state index contributed by atoms with van der Waals surface area (Å²) in [6.07, 6.45) is 6.01. The van der Waals surface area contributed by atoms with Crippen molar-refractivity contribution in [2.75, 3.05) is 25.4 Å². The molecule has 0 atom stereocenters. The van der Waals surface area contributed by atoms with E-state index in [0.717, 1.165) is 34.6 Å². The van der Waals surface area contributed by atoms with Gasteiger partial charge in [0.15, 0.2) is 0 Å². The maximum absolute atomic E-state index is 12.0. The van der Waals surface area contributed by atoms with Crippen molar-refractivity contribution < 1.29 is 9.90 Å². The Morgan fingerprint density at radius 3 is 2.81 bits per heavy atom. The number of benzene rings is 1. The van der Waals surface area contributed by atoms with Crippen molar-refractivity contribution in [3.63, 3.8) is 0 Å². The number of carboxylic acids is 1. The average Bonchev–Trinajstić information content (AvgIpc) is 3.22. The highest BCUT2D eigenvalue weighted by Crippen LogP contribution is 2.40. The molecule has 4 rings (SSSR count). The largest absolute Gasteiger partial charge is 0.478 e. The summed E-state index contributed by atoms with van der Waals surface area (Å²) in [5, 5.41) is 11.8. The third-order valence-electron chi connectivity index (χ3n) is 5.94. The summed E-state index contributed by atoms with van der Waals surface area (Å²) >= 11 is 1.69. The molecule has 1 N–H and O–H groups in total. The van der Waals surface area contributed by atoms with Crippen molar-refractivity contribution in [1.82, 2.24) is 9.47 Å². The Bertz CT molecular complexity index is 806. The van der Waals surface area contributed by atoms with Crippen LogP contribution in [0.25, 0.3) is 10.9 Å². The van der Waals surface area contributed by atoms with E-state index < -0.39 is 5.97 Å². The van der Waals surface area contributed by atoms with Crippen LogP contribution in [0.2, 0.25) is 0 Å². The van der Waals surface area contributed by atoms with Crippen molar-refractivity contribution in [2.24, 2.45) is 5.92 Å². The van der Waals surface area contributed by atoms with Crippen molar-refractivity contribution in [1.29, 1.82) is 0 Å². The fraction of sp³-hybridized carbons (Fsp3) is 0.571. The lowest BCUT2D eigenvalue weighted by molar-refractivity contribution is 0.0694. The normalized spacial score (nSPS) is 18.5. The summed E-state index contributed by atoms with van der Waals surface area (Å²) in [4.78, 5) is 14.6. The Kier molecular flexibility index (Phi) is 5.28. The number of carbonyl (C=O) groups is 1. The number of fused-ring (bicyclic) bond motifs is 3. The van der Waals surface area contributed by atoms with E-state index in [0.29, 0.717) is 11.5 Å². The Labute approximate surface area is 159 Å². The first kappa shape index (κ1) is 17.9. The fourth-order valence-electron chi connectivity index (χ4n) is 4.53. The van der Waals surface area contributed by atoms with Crippen LogP contribution in [0, 0.1) is 5.92 Å². The predicted molar refractivity (Wildman–Crippen MR) is 107 cm³/mol. The molecule has 0 spiro atoms. The first-order valence-corrected chi connectivity index (χ1v) is 10.9. The Morgan fingerprint density at radius 1 is 1.27 bits per heavy atom. The van der Waals surface area contributed by atoms with Gasteiger partial charge in [0.2, 0.25) is 0 Å². The number of aryl methyl sites for hydroxylation is 1. The van der Waals surface area contributed by atoms with Crippen LogP contribution in [0.1, 0.15) is 48.5 Å². The van der Waals surface area contributed by atoms with Gasteiger partial charge in [-0.05, 0) is 62.9 Å². The molecule has 26 heavy (non-hydrogen) atoms. The molecular formula is C21H28N2O2S. The summed E-state index contributed by atoms with van der Waals surface area (Å²) in [6, 6.07) is 6.35. The minimum atomic E-state index is -0.778. The zero-order chi connectivity index (χ0) is 18.1. The smallest absolute Gasteiger partial charge is 0.339 e. The second-order valence-electron chi connectivity index (χ2n) is 7.64. The van der Waals surface area contributed by atoms with Gasteiger partial charge in [-0.2, -0.15) is 0 Å². The number of aromatic nitrogens is 1. The molecule has 1 saturated heterocycles. The van der Waals surface area contributed by atoms with Crippen LogP contribution in [-0.2, 0) is 13.0 Å². The maximum atomic E-state index is 12.0. The average molecular weight is 373 g/mol. The van der Waals surface area contributed by atoms with Gasteiger partial charge in [-0.1, -0.05) is 25.5 Å². The Hall–Kier alpha value is -1.46. The van der Waals surface area contributed by atoms with Gasteiger partial charge in [-0.15, -0.1) is 11.8 Å². The van der Waals surface area contributed by atoms with E-state index in [1.807, 2.05) is 0 Å². The number of thioether (sulfide) groups is 1. The zero-order valence-electron chi connectivity index (χ0n) is 15.5. The van der Waals surface area contributed by atoms with Gasteiger partial charge in [-0.25, -0.2) is 4.79 Å². The van der Waals surface area contributed by atoms with Crippen molar-refractivity contribution in [3.05, 3.63) is 29.3 Å². The first-order chi connectivity index (χ1) is 12.7. The first-order valence-electron chi connectivity index (χ1n) is 9.91. The van der Waals surface area contributed by atoms with Crippen molar-refractivity contribution >= 4 is 28.6 Å². The van der Waals surface area contributed by atoms with Gasteiger partial charge < -0.3 is 14.6 Å². The number of hydrogen-bond donors (Lipinski definition) is 1. The summed E-state index contributed by atoms with van der Waals surface area (Å²) < 4.78 is 2.21. The number of likely N-dealkylation sites (tertiary alicyclic amines) is 1. The molecule has 0 radical (unpaired) electrons. The molecule has 5 heteroatoms. The van der Waals surface area contributed by atoms with E-state index in [9.17, 15) is 9.90 Å². The molecule has 0 amide bonds. The quantitative estimate of drug-likeness (QED) is 0.811. The topological polar surface area (TPSA) is 45.5 Å². The molecular weight excluding hydrogens is 344 g/mol. The van der Waals surface area contributed by atoms with E-state index in [2.05, 4.69) is 34.6 Å². The van der Waals surface area contributed by atoms with Crippen LogP contribution >= 0.6 is 11.8 Å². The number of rotatable bonds is 6. The second kappa shape index (κ2) is 7.65. The molecule has 1 fully saturated rings. The van der Waals surface area contributed by atoms with Gasteiger partial charge >= 0.3 is 5.97 Å². The third kappa shape index (κ3) is 3.27. The van der Waals surface area contributed by atoms with E-state index in [-0.39, 0.29) is 0 Å². The minimum absolute atomic E-state index is 0.540. The molecule has 0 bridgehead atoms. The highest BCUT2D eigenvalue weighted by molar-refractivity contribution is 7.99. The highest BCUT2D eigenvalue weighted by Gasteiger charge is 2.28. The number of unbranched alkanes of at least 4 members (excludes halogenated alkanes) is 1. The predicted octanol–water partition coefficient (Wildman–Crippen LogP) is 4.50. The van der Waals surface area contributed by atoms with Gasteiger partial charge in [0.25, 0.3) is 0 Å². The molecule has 2 aliphatic rings. The lowest BCUT2D eigenvalue weighted by Gasteiger charge is -2.32. The highest BCUT2D eigenvalue weighted by atomic mass is 32.2. The number of hydrogen-bond acceptors (Lipinski definition) is 3. The standard InChI is InChI=1S/C21H28N2O2S/c1-2-3-9-22-10-7-15(8-11-22)14-16-5-4-6-17-18(16)19(21(24)25)20-23(17)12-13-26-20/h4-6,15H,2-3,7-14H2,1H3,(H,24,25). The van der Waals surface area contributed by atoms with E-state index in [4.69, 9.17) is 0 Å². The Balaban J connectivity index is 1.57. The van der Waals surface area contributed by atoms with Crippen molar-refractivity contribution in [3.8, 4) is 0 Å². The van der Waals surface area contributed by atoms with Crippen LogP contribution in [0.15, 0.2) is 23.2 Å². The molecule has 2 aliphatic heterocycles. The molecule has 0 saturated carbocycles. The SMILES string of the molecule is CCCCN1CCC(Cc2cccc3c2c(C(=O)O)c2n3CCS2)CC1. The van der Waals surface area contributed by atoms with Gasteiger partial charge in [0, 0.05) is 17.7 Å². The summed E-state index contributed by atoms with van der Waals surface area (Å²) in [6.45, 7) is 6.78. The number of carboxylic acid groups (broad SMARTS) is 1. The van der Waals surface area contributed by atoms with E-state index in [1.165, 1.54) is 50.9 Å². The van der Waals surface area contributed by atoms with Gasteiger partial charge in [-0.3, -0.25) is 0 Å². The molecule has 1 aromatic heterocycles. The number of nitrogens with zero attached hydrogens (tertiary/aromatic N) is 2. The summed E-state index contributed by atoms with van der Waals surface area (Å²) in [5.74, 6) is 0.869. The molecule has 3 heterocycles. The van der Waals surface area contributed by atoms with Crippen LogP contribution in [0.4, 0.5) is 0 Å².